The molecule has 0 aliphatic carbocycles. The summed E-state index contributed by atoms with van der Waals surface area (Å²) in [7, 11) is 0. The van der Waals surface area contributed by atoms with Gasteiger partial charge in [-0.1, -0.05) is 13.8 Å². The van der Waals surface area contributed by atoms with Crippen molar-refractivity contribution < 1.29 is 4.79 Å². The molecule has 3 heteroatoms. The van der Waals surface area contributed by atoms with Gasteiger partial charge in [0.25, 0.3) is 0 Å². The SMILES string of the molecule is CC(C)C(NC(C)(C)C)C(N)=O. The van der Waals surface area contributed by atoms with E-state index in [0.717, 1.165) is 0 Å². The standard InChI is InChI=1S/C9H20N2O/c1-6(2)7(8(10)12)11-9(3,4)5/h6-7,11H,1-5H3,(H2,10,12). The molecular weight excluding hydrogens is 152 g/mol. The summed E-state index contributed by atoms with van der Waals surface area (Å²) in [6.07, 6.45) is 0. The van der Waals surface area contributed by atoms with E-state index >= 15 is 0 Å². The fourth-order valence-electron chi connectivity index (χ4n) is 1.03. The zero-order chi connectivity index (χ0) is 9.94. The molecule has 3 N–H and O–H groups in total. The highest BCUT2D eigenvalue weighted by molar-refractivity contribution is 5.80. The summed E-state index contributed by atoms with van der Waals surface area (Å²) >= 11 is 0. The summed E-state index contributed by atoms with van der Waals surface area (Å²) in [6.45, 7) is 10.0. The lowest BCUT2D eigenvalue weighted by Crippen LogP contribution is -2.52. The van der Waals surface area contributed by atoms with E-state index in [1.807, 2.05) is 34.6 Å². The largest absolute Gasteiger partial charge is 0.368 e. The van der Waals surface area contributed by atoms with Crippen molar-refractivity contribution in [3.63, 3.8) is 0 Å². The topological polar surface area (TPSA) is 55.1 Å². The van der Waals surface area contributed by atoms with Crippen LogP contribution in [0.2, 0.25) is 0 Å². The molecule has 1 amide bonds. The van der Waals surface area contributed by atoms with Crippen LogP contribution in [0.4, 0.5) is 0 Å². The van der Waals surface area contributed by atoms with Crippen LogP contribution in [0.5, 0.6) is 0 Å². The molecule has 0 bridgehead atoms. The normalized spacial score (nSPS) is 14.8. The highest BCUT2D eigenvalue weighted by atomic mass is 16.1. The van der Waals surface area contributed by atoms with E-state index in [1.54, 1.807) is 0 Å². The molecular formula is C9H20N2O. The van der Waals surface area contributed by atoms with E-state index in [1.165, 1.54) is 0 Å². The third kappa shape index (κ3) is 4.34. The monoisotopic (exact) mass is 172 g/mol. The van der Waals surface area contributed by atoms with E-state index in [0.29, 0.717) is 0 Å². The maximum absolute atomic E-state index is 11.0. The van der Waals surface area contributed by atoms with Crippen LogP contribution in [0.15, 0.2) is 0 Å². The first-order valence-electron chi connectivity index (χ1n) is 4.31. The Morgan fingerprint density at radius 2 is 1.75 bits per heavy atom. The molecule has 0 aromatic carbocycles. The number of carbonyl (C=O) groups excluding carboxylic acids is 1. The van der Waals surface area contributed by atoms with Crippen molar-refractivity contribution in [3.8, 4) is 0 Å². The van der Waals surface area contributed by atoms with Gasteiger partial charge in [0, 0.05) is 5.54 Å². The zero-order valence-electron chi connectivity index (χ0n) is 8.64. The van der Waals surface area contributed by atoms with Crippen LogP contribution in [0, 0.1) is 5.92 Å². The van der Waals surface area contributed by atoms with Crippen molar-refractivity contribution in [2.75, 3.05) is 0 Å². The summed E-state index contributed by atoms with van der Waals surface area (Å²) in [5.41, 5.74) is 5.18. The smallest absolute Gasteiger partial charge is 0.234 e. The molecule has 0 rings (SSSR count). The quantitative estimate of drug-likeness (QED) is 0.664. The van der Waals surface area contributed by atoms with E-state index in [2.05, 4.69) is 5.32 Å². The van der Waals surface area contributed by atoms with E-state index < -0.39 is 0 Å². The van der Waals surface area contributed by atoms with E-state index in [4.69, 9.17) is 5.73 Å². The van der Waals surface area contributed by atoms with Gasteiger partial charge in [0.05, 0.1) is 6.04 Å². The Morgan fingerprint density at radius 3 is 1.83 bits per heavy atom. The molecule has 0 radical (unpaired) electrons. The van der Waals surface area contributed by atoms with Crippen molar-refractivity contribution in [2.45, 2.75) is 46.2 Å². The summed E-state index contributed by atoms with van der Waals surface area (Å²) < 4.78 is 0. The molecule has 0 saturated carbocycles. The first kappa shape index (κ1) is 11.4. The van der Waals surface area contributed by atoms with Gasteiger partial charge in [0.2, 0.25) is 5.91 Å². The molecule has 0 saturated heterocycles. The first-order valence-corrected chi connectivity index (χ1v) is 4.31. The third-order valence-electron chi connectivity index (χ3n) is 1.56. The average Bonchev–Trinajstić information content (AvgIpc) is 1.79. The molecule has 72 valence electrons. The number of hydrogen-bond donors (Lipinski definition) is 2. The predicted molar refractivity (Wildman–Crippen MR) is 50.7 cm³/mol. The molecule has 12 heavy (non-hydrogen) atoms. The van der Waals surface area contributed by atoms with Gasteiger partial charge in [-0.25, -0.2) is 0 Å². The molecule has 0 aliphatic heterocycles. The van der Waals surface area contributed by atoms with Crippen LogP contribution in [-0.4, -0.2) is 17.5 Å². The van der Waals surface area contributed by atoms with Crippen molar-refractivity contribution in [1.29, 1.82) is 0 Å². The van der Waals surface area contributed by atoms with Gasteiger partial charge in [0.15, 0.2) is 0 Å². The van der Waals surface area contributed by atoms with E-state index in [-0.39, 0.29) is 23.4 Å². The Morgan fingerprint density at radius 1 is 1.33 bits per heavy atom. The lowest BCUT2D eigenvalue weighted by molar-refractivity contribution is -0.121. The van der Waals surface area contributed by atoms with Crippen molar-refractivity contribution in [1.82, 2.24) is 5.32 Å². The fraction of sp³-hybridized carbons (Fsp3) is 0.889. The minimum Gasteiger partial charge on any atom is -0.368 e. The van der Waals surface area contributed by atoms with Crippen LogP contribution < -0.4 is 11.1 Å². The van der Waals surface area contributed by atoms with Gasteiger partial charge >= 0.3 is 0 Å². The Bertz CT molecular complexity index is 158. The minimum atomic E-state index is -0.278. The lowest BCUT2D eigenvalue weighted by atomic mass is 9.99. The van der Waals surface area contributed by atoms with Crippen LogP contribution >= 0.6 is 0 Å². The van der Waals surface area contributed by atoms with E-state index in [9.17, 15) is 4.79 Å². The Kier molecular flexibility index (Phi) is 3.71. The number of carbonyl (C=O) groups is 1. The average molecular weight is 172 g/mol. The lowest BCUT2D eigenvalue weighted by Gasteiger charge is -2.28. The maximum atomic E-state index is 11.0. The second-order valence-electron chi connectivity index (χ2n) is 4.52. The predicted octanol–water partition coefficient (Wildman–Crippen LogP) is 0.884. The maximum Gasteiger partial charge on any atom is 0.234 e. The van der Waals surface area contributed by atoms with Gasteiger partial charge in [-0.05, 0) is 26.7 Å². The molecule has 0 heterocycles. The summed E-state index contributed by atoms with van der Waals surface area (Å²) in [4.78, 5) is 11.0. The number of nitrogens with two attached hydrogens (primary N) is 1. The second-order valence-corrected chi connectivity index (χ2v) is 4.52. The Balaban J connectivity index is 4.25. The van der Waals surface area contributed by atoms with Gasteiger partial charge in [0.1, 0.15) is 0 Å². The molecule has 0 spiro atoms. The number of primary amides is 1. The van der Waals surface area contributed by atoms with Gasteiger partial charge in [-0.15, -0.1) is 0 Å². The molecule has 1 unspecified atom stereocenters. The van der Waals surface area contributed by atoms with Crippen molar-refractivity contribution in [3.05, 3.63) is 0 Å². The molecule has 0 aromatic rings. The Hall–Kier alpha value is -0.570. The third-order valence-corrected chi connectivity index (χ3v) is 1.56. The highest BCUT2D eigenvalue weighted by Gasteiger charge is 2.24. The summed E-state index contributed by atoms with van der Waals surface area (Å²) in [6, 6.07) is -0.231. The number of nitrogens with one attached hydrogen (secondary N) is 1. The number of hydrogen-bond acceptors (Lipinski definition) is 2. The zero-order valence-corrected chi connectivity index (χ0v) is 8.64. The van der Waals surface area contributed by atoms with Gasteiger partial charge in [-0.3, -0.25) is 4.79 Å². The second kappa shape index (κ2) is 3.90. The minimum absolute atomic E-state index is 0.0655. The molecule has 0 aromatic heterocycles. The highest BCUT2D eigenvalue weighted by Crippen LogP contribution is 2.07. The molecule has 0 aliphatic rings. The van der Waals surface area contributed by atoms with Crippen molar-refractivity contribution >= 4 is 5.91 Å². The van der Waals surface area contributed by atoms with Gasteiger partial charge < -0.3 is 11.1 Å². The van der Waals surface area contributed by atoms with Crippen LogP contribution in [0.1, 0.15) is 34.6 Å². The first-order chi connectivity index (χ1) is 5.24. The molecule has 1 atom stereocenters. The summed E-state index contributed by atoms with van der Waals surface area (Å²) in [5.74, 6) is -0.0401. The van der Waals surface area contributed by atoms with Crippen LogP contribution in [-0.2, 0) is 4.79 Å². The Labute approximate surface area is 74.7 Å². The molecule has 3 nitrogen and oxygen atoms in total. The number of amides is 1. The number of rotatable bonds is 3. The molecule has 0 fully saturated rings. The van der Waals surface area contributed by atoms with Gasteiger partial charge in [-0.2, -0.15) is 0 Å². The van der Waals surface area contributed by atoms with Crippen LogP contribution in [0.3, 0.4) is 0 Å². The fourth-order valence-corrected chi connectivity index (χ4v) is 1.03. The van der Waals surface area contributed by atoms with Crippen molar-refractivity contribution in [2.24, 2.45) is 11.7 Å². The summed E-state index contributed by atoms with van der Waals surface area (Å²) in [5, 5.41) is 3.18. The van der Waals surface area contributed by atoms with Crippen LogP contribution in [0.25, 0.3) is 0 Å².